The fraction of sp³-hybridized carbons (Fsp3) is 0.0952. The maximum atomic E-state index is 6.42. The van der Waals surface area contributed by atoms with Crippen LogP contribution in [0.15, 0.2) is 89.9 Å². The molecule has 0 aliphatic rings. The number of benzene rings is 3. The molecule has 25 heavy (non-hydrogen) atoms. The van der Waals surface area contributed by atoms with E-state index in [-0.39, 0.29) is 6.10 Å². The van der Waals surface area contributed by atoms with E-state index in [0.29, 0.717) is 6.54 Å². The number of ether oxygens (including phenoxy) is 1. The number of imidazole rings is 1. The van der Waals surface area contributed by atoms with E-state index in [1.807, 2.05) is 41.4 Å². The number of rotatable bonds is 5. The van der Waals surface area contributed by atoms with Gasteiger partial charge in [0.25, 0.3) is 0 Å². The molecule has 0 fully saturated rings. The van der Waals surface area contributed by atoms with Crippen LogP contribution in [0.2, 0.25) is 0 Å². The molecule has 4 aromatic rings. The van der Waals surface area contributed by atoms with Crippen molar-refractivity contribution in [3.05, 3.63) is 95.5 Å². The second-order valence-electron chi connectivity index (χ2n) is 5.86. The molecule has 0 radical (unpaired) electrons. The van der Waals surface area contributed by atoms with Crippen LogP contribution in [-0.4, -0.2) is 9.55 Å². The monoisotopic (exact) mass is 392 g/mol. The second-order valence-corrected chi connectivity index (χ2v) is 6.72. The average Bonchev–Trinajstić information content (AvgIpc) is 3.16. The fourth-order valence-electron chi connectivity index (χ4n) is 3.01. The standard InChI is InChI=1S/C21H17BrN2O/c22-19-10-3-4-11-20(19)25-21(14-24-13-12-23-15-24)18-9-5-7-16-6-1-2-8-17(16)18/h1-13,15,21H,14H2. The third-order valence-corrected chi connectivity index (χ3v) is 4.87. The molecule has 0 spiro atoms. The van der Waals surface area contributed by atoms with E-state index in [1.165, 1.54) is 16.3 Å². The number of aromatic nitrogens is 2. The highest BCUT2D eigenvalue weighted by atomic mass is 79.9. The van der Waals surface area contributed by atoms with E-state index in [0.717, 1.165) is 10.2 Å². The van der Waals surface area contributed by atoms with Crippen LogP contribution in [0.25, 0.3) is 10.8 Å². The summed E-state index contributed by atoms with van der Waals surface area (Å²) in [4.78, 5) is 4.15. The first-order valence-corrected chi connectivity index (χ1v) is 8.95. The van der Waals surface area contributed by atoms with Gasteiger partial charge in [-0.2, -0.15) is 0 Å². The van der Waals surface area contributed by atoms with Gasteiger partial charge < -0.3 is 9.30 Å². The number of nitrogens with zero attached hydrogens (tertiary/aromatic N) is 2. The van der Waals surface area contributed by atoms with Gasteiger partial charge in [0.1, 0.15) is 11.9 Å². The molecule has 0 aliphatic carbocycles. The summed E-state index contributed by atoms with van der Waals surface area (Å²) < 4.78 is 9.41. The number of hydrogen-bond donors (Lipinski definition) is 0. The number of para-hydroxylation sites is 1. The van der Waals surface area contributed by atoms with Gasteiger partial charge in [-0.1, -0.05) is 54.6 Å². The first kappa shape index (κ1) is 15.9. The van der Waals surface area contributed by atoms with Crippen LogP contribution in [0.1, 0.15) is 11.7 Å². The van der Waals surface area contributed by atoms with Crippen LogP contribution in [-0.2, 0) is 6.54 Å². The molecule has 3 aromatic carbocycles. The lowest BCUT2D eigenvalue weighted by Gasteiger charge is -2.22. The van der Waals surface area contributed by atoms with Gasteiger partial charge in [0.2, 0.25) is 0 Å². The highest BCUT2D eigenvalue weighted by Gasteiger charge is 2.18. The van der Waals surface area contributed by atoms with Crippen molar-refractivity contribution in [2.24, 2.45) is 0 Å². The Morgan fingerprint density at radius 2 is 1.76 bits per heavy atom. The molecule has 1 aromatic heterocycles. The predicted molar refractivity (Wildman–Crippen MR) is 104 cm³/mol. The third-order valence-electron chi connectivity index (χ3n) is 4.21. The van der Waals surface area contributed by atoms with Crippen molar-refractivity contribution in [1.29, 1.82) is 0 Å². The third kappa shape index (κ3) is 3.44. The Hall–Kier alpha value is -2.59. The van der Waals surface area contributed by atoms with E-state index >= 15 is 0 Å². The first-order chi connectivity index (χ1) is 12.3. The smallest absolute Gasteiger partial charge is 0.142 e. The zero-order chi connectivity index (χ0) is 17.1. The van der Waals surface area contributed by atoms with Crippen molar-refractivity contribution in [2.75, 3.05) is 0 Å². The summed E-state index contributed by atoms with van der Waals surface area (Å²) >= 11 is 3.58. The van der Waals surface area contributed by atoms with E-state index < -0.39 is 0 Å². The Kier molecular flexibility index (Phi) is 4.53. The second kappa shape index (κ2) is 7.11. The highest BCUT2D eigenvalue weighted by molar-refractivity contribution is 9.10. The van der Waals surface area contributed by atoms with Crippen molar-refractivity contribution in [1.82, 2.24) is 9.55 Å². The van der Waals surface area contributed by atoms with Crippen molar-refractivity contribution in [2.45, 2.75) is 12.6 Å². The summed E-state index contributed by atoms with van der Waals surface area (Å²) in [5.41, 5.74) is 1.17. The summed E-state index contributed by atoms with van der Waals surface area (Å²) in [6.45, 7) is 0.690. The molecular formula is C21H17BrN2O. The number of hydrogen-bond acceptors (Lipinski definition) is 2. The van der Waals surface area contributed by atoms with Crippen LogP contribution in [0.4, 0.5) is 0 Å². The number of fused-ring (bicyclic) bond motifs is 1. The zero-order valence-corrected chi connectivity index (χ0v) is 15.1. The van der Waals surface area contributed by atoms with E-state index in [9.17, 15) is 0 Å². The largest absolute Gasteiger partial charge is 0.483 e. The van der Waals surface area contributed by atoms with Crippen LogP contribution >= 0.6 is 15.9 Å². The molecule has 0 N–H and O–H groups in total. The van der Waals surface area contributed by atoms with Gasteiger partial charge >= 0.3 is 0 Å². The van der Waals surface area contributed by atoms with E-state index in [1.54, 1.807) is 6.20 Å². The van der Waals surface area contributed by atoms with Crippen LogP contribution in [0, 0.1) is 0 Å². The SMILES string of the molecule is Brc1ccccc1OC(Cn1ccnc1)c1cccc2ccccc12. The molecule has 4 heteroatoms. The Morgan fingerprint density at radius 1 is 0.960 bits per heavy atom. The summed E-state index contributed by atoms with van der Waals surface area (Å²) in [5.74, 6) is 0.834. The summed E-state index contributed by atoms with van der Waals surface area (Å²) in [6.07, 6.45) is 5.45. The van der Waals surface area contributed by atoms with Gasteiger partial charge in [-0.05, 0) is 38.8 Å². The molecule has 0 saturated heterocycles. The molecule has 3 nitrogen and oxygen atoms in total. The fourth-order valence-corrected chi connectivity index (χ4v) is 3.39. The predicted octanol–water partition coefficient (Wildman–Crippen LogP) is 5.62. The van der Waals surface area contributed by atoms with Gasteiger partial charge in [-0.3, -0.25) is 0 Å². The summed E-state index contributed by atoms with van der Waals surface area (Å²) in [6, 6.07) is 22.7. The van der Waals surface area contributed by atoms with Crippen molar-refractivity contribution >= 4 is 26.7 Å². The van der Waals surface area contributed by atoms with Crippen molar-refractivity contribution in [3.8, 4) is 5.75 Å². The normalized spacial score (nSPS) is 12.2. The molecule has 0 aliphatic heterocycles. The van der Waals surface area contributed by atoms with Gasteiger partial charge in [0, 0.05) is 18.0 Å². The summed E-state index contributed by atoms with van der Waals surface area (Å²) in [5, 5.41) is 2.42. The van der Waals surface area contributed by atoms with Gasteiger partial charge in [-0.25, -0.2) is 4.98 Å². The lowest BCUT2D eigenvalue weighted by atomic mass is 10.00. The first-order valence-electron chi connectivity index (χ1n) is 8.16. The lowest BCUT2D eigenvalue weighted by molar-refractivity contribution is 0.183. The van der Waals surface area contributed by atoms with Gasteiger partial charge in [-0.15, -0.1) is 0 Å². The quantitative estimate of drug-likeness (QED) is 0.440. The number of halogens is 1. The maximum absolute atomic E-state index is 6.42. The van der Waals surface area contributed by atoms with E-state index in [4.69, 9.17) is 4.74 Å². The van der Waals surface area contributed by atoms with Crippen molar-refractivity contribution < 1.29 is 4.74 Å². The summed E-state index contributed by atoms with van der Waals surface area (Å²) in [7, 11) is 0. The van der Waals surface area contributed by atoms with Crippen molar-refractivity contribution in [3.63, 3.8) is 0 Å². The van der Waals surface area contributed by atoms with Crippen LogP contribution < -0.4 is 4.74 Å². The Balaban J connectivity index is 1.78. The molecule has 0 amide bonds. The van der Waals surface area contributed by atoms with E-state index in [2.05, 4.69) is 63.4 Å². The molecule has 1 unspecified atom stereocenters. The average molecular weight is 393 g/mol. The lowest BCUT2D eigenvalue weighted by Crippen LogP contribution is -2.15. The molecule has 1 heterocycles. The van der Waals surface area contributed by atoms with Crippen LogP contribution in [0.3, 0.4) is 0 Å². The highest BCUT2D eigenvalue weighted by Crippen LogP contribution is 2.33. The van der Waals surface area contributed by atoms with Gasteiger partial charge in [0.15, 0.2) is 0 Å². The molecule has 0 saturated carbocycles. The molecule has 4 rings (SSSR count). The maximum Gasteiger partial charge on any atom is 0.142 e. The Bertz CT molecular complexity index is 977. The minimum atomic E-state index is -0.126. The molecule has 0 bridgehead atoms. The Labute approximate surface area is 155 Å². The minimum absolute atomic E-state index is 0.126. The minimum Gasteiger partial charge on any atom is -0.483 e. The van der Waals surface area contributed by atoms with Gasteiger partial charge in [0.05, 0.1) is 17.3 Å². The molecule has 1 atom stereocenters. The Morgan fingerprint density at radius 3 is 2.60 bits per heavy atom. The topological polar surface area (TPSA) is 27.1 Å². The van der Waals surface area contributed by atoms with Crippen LogP contribution in [0.5, 0.6) is 5.75 Å². The molecule has 124 valence electrons. The zero-order valence-electron chi connectivity index (χ0n) is 13.5. The molecular weight excluding hydrogens is 376 g/mol.